The molecular formula is C16H18N2O9. The van der Waals surface area contributed by atoms with Crippen LogP contribution in [0.5, 0.6) is 0 Å². The lowest BCUT2D eigenvalue weighted by atomic mass is 9.98. The molecule has 2 aliphatic heterocycles. The van der Waals surface area contributed by atoms with E-state index in [-0.39, 0.29) is 12.1 Å². The van der Waals surface area contributed by atoms with Crippen molar-refractivity contribution < 1.29 is 33.3 Å². The van der Waals surface area contributed by atoms with Crippen LogP contribution in [-0.4, -0.2) is 51.9 Å². The van der Waals surface area contributed by atoms with Crippen LogP contribution in [0.3, 0.4) is 0 Å². The highest BCUT2D eigenvalue weighted by Gasteiger charge is 2.56. The molecule has 11 nitrogen and oxygen atoms in total. The van der Waals surface area contributed by atoms with Gasteiger partial charge in [-0.05, 0) is 0 Å². The highest BCUT2D eigenvalue weighted by Crippen LogP contribution is 2.39. The van der Waals surface area contributed by atoms with E-state index in [1.165, 1.54) is 19.9 Å². The first-order valence-electron chi connectivity index (χ1n) is 8.19. The topological polar surface area (TPSA) is 143 Å². The highest BCUT2D eigenvalue weighted by atomic mass is 16.7. The standard InChI is InChI=1S/C16H18N2O9/c1-6(19)24-10-4-9-5-11(22)17-16(23)18(9)15-14(26-8(3)21)13(12(10)27-15)25-7(2)20/h5,10,12-15H,4H2,1-3H3,(H,17,22,23)/t10-,12-,13-,14-,15-/m1/s1. The maximum atomic E-state index is 12.4. The fourth-order valence-electron chi connectivity index (χ4n) is 3.45. The van der Waals surface area contributed by atoms with Crippen molar-refractivity contribution in [1.82, 2.24) is 9.55 Å². The number of fused-ring (bicyclic) bond motifs is 4. The molecule has 146 valence electrons. The van der Waals surface area contributed by atoms with Crippen molar-refractivity contribution in [3.05, 3.63) is 32.6 Å². The van der Waals surface area contributed by atoms with E-state index in [1.807, 2.05) is 0 Å². The van der Waals surface area contributed by atoms with Gasteiger partial charge < -0.3 is 18.9 Å². The van der Waals surface area contributed by atoms with Gasteiger partial charge in [-0.2, -0.15) is 0 Å². The number of rotatable bonds is 3. The summed E-state index contributed by atoms with van der Waals surface area (Å²) in [4.78, 5) is 60.8. The first-order valence-corrected chi connectivity index (χ1v) is 8.19. The van der Waals surface area contributed by atoms with Gasteiger partial charge in [-0.3, -0.25) is 28.7 Å². The lowest BCUT2D eigenvalue weighted by molar-refractivity contribution is -0.170. The Morgan fingerprint density at radius 2 is 1.63 bits per heavy atom. The van der Waals surface area contributed by atoms with Gasteiger partial charge >= 0.3 is 23.6 Å². The van der Waals surface area contributed by atoms with Gasteiger partial charge in [0.15, 0.2) is 18.4 Å². The minimum atomic E-state index is -1.17. The zero-order valence-electron chi connectivity index (χ0n) is 14.8. The van der Waals surface area contributed by atoms with Crippen molar-refractivity contribution in [2.24, 2.45) is 0 Å². The lowest BCUT2D eigenvalue weighted by Gasteiger charge is -2.29. The summed E-state index contributed by atoms with van der Waals surface area (Å²) in [5.41, 5.74) is -1.18. The Bertz CT molecular complexity index is 902. The molecule has 0 aromatic carbocycles. The van der Waals surface area contributed by atoms with E-state index in [4.69, 9.17) is 18.9 Å². The zero-order valence-corrected chi connectivity index (χ0v) is 14.8. The molecule has 2 aliphatic rings. The second-order valence-corrected chi connectivity index (χ2v) is 6.29. The third-order valence-electron chi connectivity index (χ3n) is 4.23. The van der Waals surface area contributed by atoms with Crippen LogP contribution < -0.4 is 11.2 Å². The quantitative estimate of drug-likeness (QED) is 0.503. The second kappa shape index (κ2) is 6.99. The smallest absolute Gasteiger partial charge is 0.330 e. The maximum absolute atomic E-state index is 12.4. The Kier molecular flexibility index (Phi) is 4.87. The first kappa shape index (κ1) is 18.8. The average molecular weight is 382 g/mol. The Balaban J connectivity index is 2.16. The van der Waals surface area contributed by atoms with E-state index in [0.717, 1.165) is 11.5 Å². The largest absolute Gasteiger partial charge is 0.459 e. The van der Waals surface area contributed by atoms with Crippen molar-refractivity contribution in [1.29, 1.82) is 0 Å². The second-order valence-electron chi connectivity index (χ2n) is 6.29. The number of nitrogens with zero attached hydrogens (tertiary/aromatic N) is 1. The molecule has 1 aromatic rings. The van der Waals surface area contributed by atoms with Gasteiger partial charge in [0, 0.05) is 39.0 Å². The minimum Gasteiger partial charge on any atom is -0.459 e. The number of hydrogen-bond acceptors (Lipinski definition) is 9. The third kappa shape index (κ3) is 3.63. The number of nitrogens with one attached hydrogen (secondary N) is 1. The predicted octanol–water partition coefficient (Wildman–Crippen LogP) is -1.21. The van der Waals surface area contributed by atoms with Crippen LogP contribution in [0.25, 0.3) is 0 Å². The summed E-state index contributed by atoms with van der Waals surface area (Å²) < 4.78 is 22.7. The summed E-state index contributed by atoms with van der Waals surface area (Å²) in [7, 11) is 0. The van der Waals surface area contributed by atoms with Crippen LogP contribution >= 0.6 is 0 Å². The summed E-state index contributed by atoms with van der Waals surface area (Å²) in [5, 5.41) is 0. The molecular weight excluding hydrogens is 364 g/mol. The number of ether oxygens (including phenoxy) is 4. The fourth-order valence-corrected chi connectivity index (χ4v) is 3.45. The monoisotopic (exact) mass is 382 g/mol. The van der Waals surface area contributed by atoms with Gasteiger partial charge in [-0.25, -0.2) is 4.79 Å². The fraction of sp³-hybridized carbons (Fsp3) is 0.562. The van der Waals surface area contributed by atoms with Crippen LogP contribution in [-0.2, 0) is 39.8 Å². The van der Waals surface area contributed by atoms with E-state index >= 15 is 0 Å². The molecule has 11 heteroatoms. The number of aromatic nitrogens is 2. The van der Waals surface area contributed by atoms with Gasteiger partial charge in [0.1, 0.15) is 12.2 Å². The predicted molar refractivity (Wildman–Crippen MR) is 85.6 cm³/mol. The highest BCUT2D eigenvalue weighted by molar-refractivity contribution is 5.68. The molecule has 1 aromatic heterocycles. The Hall–Kier alpha value is -2.95. The summed E-state index contributed by atoms with van der Waals surface area (Å²) in [6.45, 7) is 3.51. The Morgan fingerprint density at radius 3 is 2.22 bits per heavy atom. The van der Waals surface area contributed by atoms with E-state index in [1.54, 1.807) is 0 Å². The molecule has 1 saturated heterocycles. The minimum absolute atomic E-state index is 0.0234. The number of esters is 3. The SMILES string of the molecule is CC(=O)O[C@H]1[C@@H](OC(C)=O)[C@H]2O[C@@H]1[C@H](OC(C)=O)Cc1cc(=O)[nH]c(=O)n12. The molecule has 0 aliphatic carbocycles. The first-order chi connectivity index (χ1) is 12.7. The number of aromatic amines is 1. The third-order valence-corrected chi connectivity index (χ3v) is 4.23. The Labute approximate surface area is 152 Å². The molecule has 3 rings (SSSR count). The number of hydrogen-bond donors (Lipinski definition) is 1. The van der Waals surface area contributed by atoms with Gasteiger partial charge in [0.2, 0.25) is 0 Å². The van der Waals surface area contributed by atoms with Crippen molar-refractivity contribution >= 4 is 17.9 Å². The van der Waals surface area contributed by atoms with Crippen LogP contribution in [0.4, 0.5) is 0 Å². The molecule has 3 heterocycles. The average Bonchev–Trinajstić information content (AvgIpc) is 2.74. The van der Waals surface area contributed by atoms with Gasteiger partial charge in [0.05, 0.1) is 0 Å². The molecule has 27 heavy (non-hydrogen) atoms. The maximum Gasteiger partial charge on any atom is 0.330 e. The van der Waals surface area contributed by atoms with E-state index < -0.39 is 59.8 Å². The van der Waals surface area contributed by atoms with Crippen LogP contribution in [0.1, 0.15) is 32.7 Å². The van der Waals surface area contributed by atoms with Gasteiger partial charge in [0.25, 0.3) is 5.56 Å². The summed E-state index contributed by atoms with van der Waals surface area (Å²) >= 11 is 0. The Morgan fingerprint density at radius 1 is 1.04 bits per heavy atom. The zero-order chi connectivity index (χ0) is 19.9. The molecule has 1 fully saturated rings. The van der Waals surface area contributed by atoms with Crippen molar-refractivity contribution in [2.75, 3.05) is 0 Å². The van der Waals surface area contributed by atoms with Crippen molar-refractivity contribution in [3.63, 3.8) is 0 Å². The van der Waals surface area contributed by atoms with E-state index in [0.29, 0.717) is 0 Å². The molecule has 2 bridgehead atoms. The number of H-pyrrole nitrogens is 1. The molecule has 0 spiro atoms. The van der Waals surface area contributed by atoms with E-state index in [9.17, 15) is 24.0 Å². The molecule has 0 amide bonds. The van der Waals surface area contributed by atoms with Crippen molar-refractivity contribution in [2.45, 2.75) is 57.8 Å². The van der Waals surface area contributed by atoms with Crippen molar-refractivity contribution in [3.8, 4) is 0 Å². The summed E-state index contributed by atoms with van der Waals surface area (Å²) in [6.07, 6.45) is -5.43. The molecule has 0 saturated carbocycles. The lowest BCUT2D eigenvalue weighted by Crippen LogP contribution is -2.48. The molecule has 5 atom stereocenters. The normalized spacial score (nSPS) is 28.6. The number of carbonyl (C=O) groups is 3. The van der Waals surface area contributed by atoms with Crippen LogP contribution in [0.15, 0.2) is 15.7 Å². The van der Waals surface area contributed by atoms with Crippen LogP contribution in [0, 0.1) is 0 Å². The number of carbonyl (C=O) groups excluding carboxylic acids is 3. The summed E-state index contributed by atoms with van der Waals surface area (Å²) in [6, 6.07) is 1.17. The summed E-state index contributed by atoms with van der Waals surface area (Å²) in [5.74, 6) is -1.98. The van der Waals surface area contributed by atoms with Gasteiger partial charge in [-0.15, -0.1) is 0 Å². The molecule has 0 unspecified atom stereocenters. The molecule has 0 radical (unpaired) electrons. The molecule has 1 N–H and O–H groups in total. The van der Waals surface area contributed by atoms with Gasteiger partial charge in [-0.1, -0.05) is 0 Å². The van der Waals surface area contributed by atoms with E-state index in [2.05, 4.69) is 4.98 Å². The van der Waals surface area contributed by atoms with Crippen LogP contribution in [0.2, 0.25) is 0 Å².